The van der Waals surface area contributed by atoms with Crippen molar-refractivity contribution in [3.63, 3.8) is 0 Å². The highest BCUT2D eigenvalue weighted by atomic mass is 16.5. The topological polar surface area (TPSA) is 66.0 Å². The van der Waals surface area contributed by atoms with Gasteiger partial charge in [0.2, 0.25) is 0 Å². The molecule has 0 spiro atoms. The normalized spacial score (nSPS) is 30.6. The fourth-order valence-corrected chi connectivity index (χ4v) is 3.15. The van der Waals surface area contributed by atoms with E-state index in [9.17, 15) is 0 Å². The van der Waals surface area contributed by atoms with Gasteiger partial charge in [-0.15, -0.1) is 10.2 Å². The predicted molar refractivity (Wildman–Crippen MR) is 63.4 cm³/mol. The lowest BCUT2D eigenvalue weighted by Gasteiger charge is -2.14. The van der Waals surface area contributed by atoms with Gasteiger partial charge in [0, 0.05) is 19.6 Å². The van der Waals surface area contributed by atoms with Gasteiger partial charge in [0.25, 0.3) is 0 Å². The van der Waals surface area contributed by atoms with Crippen LogP contribution in [-0.2, 0) is 17.8 Å². The fourth-order valence-electron chi connectivity index (χ4n) is 3.15. The summed E-state index contributed by atoms with van der Waals surface area (Å²) in [5, 5.41) is 8.56. The molecule has 2 N–H and O–H groups in total. The van der Waals surface area contributed by atoms with Crippen LogP contribution in [-0.4, -0.2) is 28.5 Å². The van der Waals surface area contributed by atoms with Gasteiger partial charge < -0.3 is 15.0 Å². The predicted octanol–water partition coefficient (Wildman–Crippen LogP) is 0.897. The maximum absolute atomic E-state index is 5.71. The third-order valence-corrected chi connectivity index (χ3v) is 4.17. The van der Waals surface area contributed by atoms with Crippen LogP contribution >= 0.6 is 0 Å². The van der Waals surface area contributed by atoms with Crippen molar-refractivity contribution in [1.29, 1.82) is 0 Å². The first-order valence-corrected chi connectivity index (χ1v) is 6.44. The molecule has 1 aromatic rings. The minimum atomic E-state index is 0.455. The van der Waals surface area contributed by atoms with Crippen LogP contribution in [0.15, 0.2) is 0 Å². The standard InChI is InChI=1S/C12H20N4O/c1-17-3-2-16-11(7-13)14-15-12(16)10-5-8-4-9(8)6-10/h8-10H,2-7,13H2,1H3. The Morgan fingerprint density at radius 2 is 2.06 bits per heavy atom. The van der Waals surface area contributed by atoms with Crippen molar-refractivity contribution in [2.75, 3.05) is 13.7 Å². The highest BCUT2D eigenvalue weighted by molar-refractivity contribution is 5.10. The van der Waals surface area contributed by atoms with Gasteiger partial charge in [-0.05, 0) is 31.1 Å². The number of rotatable bonds is 5. The summed E-state index contributed by atoms with van der Waals surface area (Å²) in [5.74, 6) is 4.55. The molecule has 2 fully saturated rings. The number of hydrogen-bond donors (Lipinski definition) is 1. The van der Waals surface area contributed by atoms with Crippen LogP contribution in [0, 0.1) is 11.8 Å². The van der Waals surface area contributed by atoms with Crippen LogP contribution < -0.4 is 5.73 Å². The smallest absolute Gasteiger partial charge is 0.146 e. The Bertz CT molecular complexity index is 393. The Morgan fingerprint density at radius 3 is 2.71 bits per heavy atom. The Kier molecular flexibility index (Phi) is 2.88. The molecule has 0 aromatic carbocycles. The van der Waals surface area contributed by atoms with E-state index in [4.69, 9.17) is 10.5 Å². The number of fused-ring (bicyclic) bond motifs is 1. The molecule has 5 nitrogen and oxygen atoms in total. The maximum atomic E-state index is 5.71. The second-order valence-electron chi connectivity index (χ2n) is 5.25. The lowest BCUT2D eigenvalue weighted by Crippen LogP contribution is -2.16. The second-order valence-corrected chi connectivity index (χ2v) is 5.25. The highest BCUT2D eigenvalue weighted by Gasteiger charge is 2.47. The average molecular weight is 236 g/mol. The molecule has 0 saturated heterocycles. The van der Waals surface area contributed by atoms with E-state index < -0.39 is 0 Å². The Balaban J connectivity index is 1.79. The van der Waals surface area contributed by atoms with Crippen molar-refractivity contribution >= 4 is 0 Å². The minimum Gasteiger partial charge on any atom is -0.383 e. The summed E-state index contributed by atoms with van der Waals surface area (Å²) in [7, 11) is 1.72. The molecule has 0 bridgehead atoms. The van der Waals surface area contributed by atoms with Gasteiger partial charge in [-0.1, -0.05) is 0 Å². The molecule has 5 heteroatoms. The highest BCUT2D eigenvalue weighted by Crippen LogP contribution is 2.57. The molecule has 3 rings (SSSR count). The van der Waals surface area contributed by atoms with Crippen molar-refractivity contribution < 1.29 is 4.74 Å². The van der Waals surface area contributed by atoms with Gasteiger partial charge in [0.15, 0.2) is 0 Å². The summed E-state index contributed by atoms with van der Waals surface area (Å²) < 4.78 is 7.31. The number of aromatic nitrogens is 3. The average Bonchev–Trinajstić information content (AvgIpc) is 2.79. The fraction of sp³-hybridized carbons (Fsp3) is 0.833. The third-order valence-electron chi connectivity index (χ3n) is 4.17. The summed E-state index contributed by atoms with van der Waals surface area (Å²) in [5.41, 5.74) is 5.71. The van der Waals surface area contributed by atoms with Crippen molar-refractivity contribution in [3.05, 3.63) is 11.6 Å². The zero-order chi connectivity index (χ0) is 11.8. The molecular formula is C12H20N4O. The van der Waals surface area contributed by atoms with Gasteiger partial charge in [-0.25, -0.2) is 0 Å². The van der Waals surface area contributed by atoms with Crippen LogP contribution in [0.4, 0.5) is 0 Å². The van der Waals surface area contributed by atoms with Crippen molar-refractivity contribution in [2.24, 2.45) is 17.6 Å². The summed E-state index contributed by atoms with van der Waals surface area (Å²) in [4.78, 5) is 0. The van der Waals surface area contributed by atoms with E-state index in [0.29, 0.717) is 19.1 Å². The molecule has 2 unspecified atom stereocenters. The van der Waals surface area contributed by atoms with Crippen molar-refractivity contribution in [1.82, 2.24) is 14.8 Å². The van der Waals surface area contributed by atoms with E-state index in [1.165, 1.54) is 19.3 Å². The monoisotopic (exact) mass is 236 g/mol. The molecule has 2 aliphatic carbocycles. The molecule has 17 heavy (non-hydrogen) atoms. The molecule has 0 radical (unpaired) electrons. The first kappa shape index (κ1) is 11.2. The second kappa shape index (κ2) is 4.38. The largest absolute Gasteiger partial charge is 0.383 e. The molecular weight excluding hydrogens is 216 g/mol. The van der Waals surface area contributed by atoms with Crippen LogP contribution in [0.3, 0.4) is 0 Å². The van der Waals surface area contributed by atoms with Crippen LogP contribution in [0.25, 0.3) is 0 Å². The molecule has 2 saturated carbocycles. The number of hydrogen-bond acceptors (Lipinski definition) is 4. The molecule has 94 valence electrons. The Hall–Kier alpha value is -0.940. The molecule has 1 heterocycles. The Labute approximate surface area is 101 Å². The first-order valence-electron chi connectivity index (χ1n) is 6.44. The van der Waals surface area contributed by atoms with Gasteiger partial charge in [-0.2, -0.15) is 0 Å². The van der Waals surface area contributed by atoms with E-state index >= 15 is 0 Å². The number of nitrogens with zero attached hydrogens (tertiary/aromatic N) is 3. The van der Waals surface area contributed by atoms with Crippen molar-refractivity contribution in [3.8, 4) is 0 Å². The zero-order valence-corrected chi connectivity index (χ0v) is 10.3. The van der Waals surface area contributed by atoms with Gasteiger partial charge in [-0.3, -0.25) is 0 Å². The molecule has 1 aromatic heterocycles. The van der Waals surface area contributed by atoms with Gasteiger partial charge in [0.05, 0.1) is 13.2 Å². The number of ether oxygens (including phenoxy) is 1. The lowest BCUT2D eigenvalue weighted by atomic mass is 10.0. The van der Waals surface area contributed by atoms with Crippen LogP contribution in [0.2, 0.25) is 0 Å². The minimum absolute atomic E-state index is 0.455. The van der Waals surface area contributed by atoms with E-state index in [1.807, 2.05) is 0 Å². The quantitative estimate of drug-likeness (QED) is 0.824. The van der Waals surface area contributed by atoms with E-state index in [-0.39, 0.29) is 0 Å². The number of nitrogens with two attached hydrogens (primary N) is 1. The molecule has 0 amide bonds. The summed E-state index contributed by atoms with van der Waals surface area (Å²) in [6.45, 7) is 1.96. The first-order chi connectivity index (χ1) is 8.33. The summed E-state index contributed by atoms with van der Waals surface area (Å²) in [6, 6.07) is 0. The van der Waals surface area contributed by atoms with Crippen molar-refractivity contribution in [2.45, 2.75) is 38.3 Å². The van der Waals surface area contributed by atoms with Crippen LogP contribution in [0.1, 0.15) is 36.8 Å². The summed E-state index contributed by atoms with van der Waals surface area (Å²) in [6.07, 6.45) is 4.02. The zero-order valence-electron chi connectivity index (χ0n) is 10.3. The lowest BCUT2D eigenvalue weighted by molar-refractivity contribution is 0.184. The SMILES string of the molecule is COCCn1c(CN)nnc1C1CC2CC2C1. The maximum Gasteiger partial charge on any atom is 0.146 e. The van der Waals surface area contributed by atoms with E-state index in [2.05, 4.69) is 14.8 Å². The van der Waals surface area contributed by atoms with E-state index in [1.54, 1.807) is 7.11 Å². The Morgan fingerprint density at radius 1 is 1.29 bits per heavy atom. The van der Waals surface area contributed by atoms with E-state index in [0.717, 1.165) is 30.0 Å². The van der Waals surface area contributed by atoms with Gasteiger partial charge >= 0.3 is 0 Å². The molecule has 2 atom stereocenters. The van der Waals surface area contributed by atoms with Gasteiger partial charge in [0.1, 0.15) is 11.6 Å². The summed E-state index contributed by atoms with van der Waals surface area (Å²) >= 11 is 0. The van der Waals surface area contributed by atoms with Crippen LogP contribution in [0.5, 0.6) is 0 Å². The third kappa shape index (κ3) is 1.98. The molecule has 2 aliphatic rings. The number of methoxy groups -OCH3 is 1. The molecule has 0 aliphatic heterocycles.